The third-order valence-corrected chi connectivity index (χ3v) is 1.86. The van der Waals surface area contributed by atoms with Crippen LogP contribution >= 0.6 is 0 Å². The van der Waals surface area contributed by atoms with Crippen LogP contribution in [0, 0.1) is 0 Å². The molecule has 0 radical (unpaired) electrons. The fourth-order valence-corrected chi connectivity index (χ4v) is 1.32. The molecule has 0 amide bonds. The van der Waals surface area contributed by atoms with E-state index in [9.17, 15) is 9.59 Å². The summed E-state index contributed by atoms with van der Waals surface area (Å²) in [5.41, 5.74) is 0.521. The van der Waals surface area contributed by atoms with Crippen molar-refractivity contribution in [1.82, 2.24) is 0 Å². The summed E-state index contributed by atoms with van der Waals surface area (Å²) < 4.78 is 14.7. The van der Waals surface area contributed by atoms with E-state index in [4.69, 9.17) is 14.2 Å². The van der Waals surface area contributed by atoms with Crippen molar-refractivity contribution in [3.8, 4) is 0 Å². The Kier molecular flexibility index (Phi) is 1.99. The van der Waals surface area contributed by atoms with Crippen LogP contribution in [0.2, 0.25) is 0 Å². The zero-order valence-electron chi connectivity index (χ0n) is 7.43. The first-order valence-corrected chi connectivity index (χ1v) is 4.08. The van der Waals surface area contributed by atoms with Crippen LogP contribution in [-0.2, 0) is 23.8 Å². The third-order valence-electron chi connectivity index (χ3n) is 1.86. The number of esters is 2. The summed E-state index contributed by atoms with van der Waals surface area (Å²) in [6.07, 6.45) is 2.89. The zero-order chi connectivity index (χ0) is 10.1. The summed E-state index contributed by atoms with van der Waals surface area (Å²) in [5, 5.41) is 0. The summed E-state index contributed by atoms with van der Waals surface area (Å²) in [6.45, 7) is 1.30. The van der Waals surface area contributed by atoms with Crippen molar-refractivity contribution >= 4 is 11.9 Å². The van der Waals surface area contributed by atoms with Gasteiger partial charge in [-0.25, -0.2) is 4.79 Å². The van der Waals surface area contributed by atoms with Crippen LogP contribution in [-0.4, -0.2) is 24.3 Å². The van der Waals surface area contributed by atoms with Gasteiger partial charge in [0.25, 0.3) is 6.29 Å². The Morgan fingerprint density at radius 1 is 1.57 bits per heavy atom. The molecule has 0 aromatic rings. The monoisotopic (exact) mass is 196 g/mol. The molecule has 0 bridgehead atoms. The normalized spacial score (nSPS) is 28.6. The molecule has 74 valence electrons. The molecule has 2 heterocycles. The summed E-state index contributed by atoms with van der Waals surface area (Å²) in [6, 6.07) is 0. The van der Waals surface area contributed by atoms with Crippen molar-refractivity contribution < 1.29 is 23.8 Å². The lowest BCUT2D eigenvalue weighted by Gasteiger charge is -2.23. The van der Waals surface area contributed by atoms with Crippen LogP contribution in [0.4, 0.5) is 0 Å². The molecule has 0 spiro atoms. The number of carbonyl (C=O) groups excluding carboxylic acids is 2. The van der Waals surface area contributed by atoms with Crippen molar-refractivity contribution in [3.63, 3.8) is 0 Å². The number of carbonyl (C=O) groups is 2. The van der Waals surface area contributed by atoms with Crippen LogP contribution in [0.5, 0.6) is 0 Å². The smallest absolute Gasteiger partial charge is 0.334 e. The van der Waals surface area contributed by atoms with Crippen LogP contribution in [0.1, 0.15) is 6.92 Å². The van der Waals surface area contributed by atoms with E-state index >= 15 is 0 Å². The van der Waals surface area contributed by atoms with Crippen LogP contribution < -0.4 is 0 Å². The second-order valence-electron chi connectivity index (χ2n) is 2.91. The van der Waals surface area contributed by atoms with Crippen molar-refractivity contribution in [3.05, 3.63) is 24.0 Å². The summed E-state index contributed by atoms with van der Waals surface area (Å²) in [4.78, 5) is 21.6. The van der Waals surface area contributed by atoms with Crippen LogP contribution in [0.25, 0.3) is 0 Å². The molecule has 0 saturated carbocycles. The van der Waals surface area contributed by atoms with Gasteiger partial charge in [-0.05, 0) is 6.08 Å². The molecular formula is C9H8O5. The molecule has 2 aliphatic rings. The second kappa shape index (κ2) is 3.17. The fraction of sp³-hybridized carbons (Fsp3) is 0.333. The highest BCUT2D eigenvalue weighted by Crippen LogP contribution is 2.26. The topological polar surface area (TPSA) is 61.8 Å². The lowest BCUT2D eigenvalue weighted by molar-refractivity contribution is -0.155. The van der Waals surface area contributed by atoms with Crippen molar-refractivity contribution in [2.75, 3.05) is 0 Å². The molecule has 0 aromatic carbocycles. The summed E-state index contributed by atoms with van der Waals surface area (Å²) >= 11 is 0. The van der Waals surface area contributed by atoms with E-state index in [1.165, 1.54) is 19.3 Å². The van der Waals surface area contributed by atoms with Gasteiger partial charge in [0.1, 0.15) is 0 Å². The van der Waals surface area contributed by atoms with Crippen LogP contribution in [0.3, 0.4) is 0 Å². The van der Waals surface area contributed by atoms with Gasteiger partial charge in [0.2, 0.25) is 0 Å². The minimum absolute atomic E-state index is 0.416. The molecule has 0 N–H and O–H groups in total. The van der Waals surface area contributed by atoms with Crippen LogP contribution in [0.15, 0.2) is 24.0 Å². The minimum Gasteiger partial charge on any atom is -0.458 e. The van der Waals surface area contributed by atoms with Crippen molar-refractivity contribution in [1.29, 1.82) is 0 Å². The quantitative estimate of drug-likeness (QED) is 0.563. The van der Waals surface area contributed by atoms with Gasteiger partial charge in [-0.3, -0.25) is 4.79 Å². The molecule has 0 unspecified atom stereocenters. The van der Waals surface area contributed by atoms with Crippen molar-refractivity contribution in [2.45, 2.75) is 19.3 Å². The highest BCUT2D eigenvalue weighted by Gasteiger charge is 2.35. The number of ether oxygens (including phenoxy) is 3. The summed E-state index contributed by atoms with van der Waals surface area (Å²) in [5.74, 6) is -0.897. The van der Waals surface area contributed by atoms with Gasteiger partial charge in [0.05, 0.1) is 11.8 Å². The molecule has 2 rings (SSSR count). The highest BCUT2D eigenvalue weighted by atomic mass is 16.7. The average molecular weight is 196 g/mol. The van der Waals surface area contributed by atoms with E-state index in [1.807, 2.05) is 0 Å². The summed E-state index contributed by atoms with van der Waals surface area (Å²) in [7, 11) is 0. The SMILES string of the molecule is CC(=O)O[C@H]1C=CO[C@@H]2OC(=O)C=C21. The lowest BCUT2D eigenvalue weighted by Crippen LogP contribution is -2.28. The van der Waals surface area contributed by atoms with E-state index in [1.54, 1.807) is 6.08 Å². The van der Waals surface area contributed by atoms with Gasteiger partial charge in [-0.15, -0.1) is 0 Å². The zero-order valence-corrected chi connectivity index (χ0v) is 7.43. The fourth-order valence-electron chi connectivity index (χ4n) is 1.32. The van der Waals surface area contributed by atoms with E-state index in [0.717, 1.165) is 0 Å². The Morgan fingerprint density at radius 2 is 2.36 bits per heavy atom. The molecule has 0 saturated heterocycles. The Morgan fingerprint density at radius 3 is 3.07 bits per heavy atom. The molecular weight excluding hydrogens is 188 g/mol. The lowest BCUT2D eigenvalue weighted by atomic mass is 10.1. The van der Waals surface area contributed by atoms with Gasteiger partial charge in [0.15, 0.2) is 6.10 Å². The first-order valence-electron chi connectivity index (χ1n) is 4.08. The molecule has 0 aromatic heterocycles. The molecule has 0 aliphatic carbocycles. The van der Waals surface area contributed by atoms with E-state index in [-0.39, 0.29) is 0 Å². The molecule has 5 heteroatoms. The van der Waals surface area contributed by atoms with Gasteiger partial charge >= 0.3 is 11.9 Å². The predicted molar refractivity (Wildman–Crippen MR) is 43.7 cm³/mol. The maximum Gasteiger partial charge on any atom is 0.334 e. The van der Waals surface area contributed by atoms with Gasteiger partial charge in [0, 0.05) is 13.0 Å². The molecule has 0 fully saturated rings. The standard InChI is InChI=1S/C9H8O5/c1-5(10)13-7-2-3-12-9-6(7)4-8(11)14-9/h2-4,7,9H,1H3/t7-,9+/m0/s1. The maximum atomic E-state index is 10.9. The Balaban J connectivity index is 2.20. The Bertz CT molecular complexity index is 341. The first-order chi connectivity index (χ1) is 6.66. The van der Waals surface area contributed by atoms with E-state index in [2.05, 4.69) is 0 Å². The minimum atomic E-state index is -0.739. The highest BCUT2D eigenvalue weighted by molar-refractivity contribution is 5.86. The number of rotatable bonds is 1. The molecule has 14 heavy (non-hydrogen) atoms. The number of fused-ring (bicyclic) bond motifs is 1. The largest absolute Gasteiger partial charge is 0.458 e. The molecule has 5 nitrogen and oxygen atoms in total. The van der Waals surface area contributed by atoms with Gasteiger partial charge < -0.3 is 14.2 Å². The van der Waals surface area contributed by atoms with Gasteiger partial charge in [-0.2, -0.15) is 0 Å². The van der Waals surface area contributed by atoms with E-state index < -0.39 is 24.3 Å². The van der Waals surface area contributed by atoms with E-state index in [0.29, 0.717) is 5.57 Å². The Labute approximate surface area is 79.9 Å². The maximum absolute atomic E-state index is 10.9. The van der Waals surface area contributed by atoms with Crippen molar-refractivity contribution in [2.24, 2.45) is 0 Å². The third kappa shape index (κ3) is 1.48. The molecule has 2 aliphatic heterocycles. The number of hydrogen-bond donors (Lipinski definition) is 0. The predicted octanol–water partition coefficient (Wildman–Crippen LogP) is 0.271. The number of hydrogen-bond acceptors (Lipinski definition) is 5. The molecule has 2 atom stereocenters. The Hall–Kier alpha value is -1.78. The second-order valence-corrected chi connectivity index (χ2v) is 2.91. The first kappa shape index (κ1) is 8.80. The average Bonchev–Trinajstić information content (AvgIpc) is 2.45. The van der Waals surface area contributed by atoms with Gasteiger partial charge in [-0.1, -0.05) is 0 Å².